The van der Waals surface area contributed by atoms with Crippen LogP contribution < -0.4 is 10.6 Å². The normalized spacial score (nSPS) is 10.9. The van der Waals surface area contributed by atoms with E-state index >= 15 is 0 Å². The van der Waals surface area contributed by atoms with E-state index in [1.807, 2.05) is 12.1 Å². The van der Waals surface area contributed by atoms with Crippen molar-refractivity contribution in [3.05, 3.63) is 176 Å². The van der Waals surface area contributed by atoms with Gasteiger partial charge in [-0.3, -0.25) is 29.3 Å². The first-order chi connectivity index (χ1) is 23.7. The van der Waals surface area contributed by atoms with Crippen LogP contribution in [0, 0.1) is 20.2 Å². The average Bonchev–Trinajstić information content (AvgIpc) is 3.10. The minimum absolute atomic E-state index is 0.380. The molecule has 5 aromatic carbocycles. The van der Waals surface area contributed by atoms with Gasteiger partial charge in [-0.25, -0.2) is 0 Å². The molecule has 0 aromatic heterocycles. The predicted molar refractivity (Wildman–Crippen MR) is 186 cm³/mol. The first-order valence-electron chi connectivity index (χ1n) is 14.7. The maximum Gasteiger partial charge on any atom is 0.294 e. The minimum Gasteiger partial charge on any atom is -0.309 e. The predicted octanol–water partition coefficient (Wildman–Crippen LogP) is 5.95. The molecule has 0 saturated heterocycles. The summed E-state index contributed by atoms with van der Waals surface area (Å²) in [5.74, 6) is 0. The molecule has 262 valence electrons. The van der Waals surface area contributed by atoms with Gasteiger partial charge in [0.1, 0.15) is 9.79 Å². The monoisotopic (exact) mass is 722 g/mol. The second-order valence-corrected chi connectivity index (χ2v) is 13.3. The quantitative estimate of drug-likeness (QED) is 0.0667. The van der Waals surface area contributed by atoms with Crippen molar-refractivity contribution in [3.63, 3.8) is 0 Å². The summed E-state index contributed by atoms with van der Waals surface area (Å²) < 4.78 is 59.3. The highest BCUT2D eigenvalue weighted by atomic mass is 32.2. The van der Waals surface area contributed by atoms with E-state index in [0.29, 0.717) is 0 Å². The third-order valence-corrected chi connectivity index (χ3v) is 8.38. The number of nitrogens with zero attached hydrogens (tertiary/aromatic N) is 2. The number of hydrogen-bond donors (Lipinski definition) is 4. The Hall–Kier alpha value is -5.36. The van der Waals surface area contributed by atoms with Crippen molar-refractivity contribution >= 4 is 31.6 Å². The number of benzene rings is 5. The summed E-state index contributed by atoms with van der Waals surface area (Å²) >= 11 is 0. The molecule has 0 heterocycles. The lowest BCUT2D eigenvalue weighted by molar-refractivity contribution is -0.385. The van der Waals surface area contributed by atoms with Crippen LogP contribution in [-0.2, 0) is 46.4 Å². The lowest BCUT2D eigenvalue weighted by atomic mass is 10.1. The molecule has 0 unspecified atom stereocenters. The van der Waals surface area contributed by atoms with Gasteiger partial charge in [0.05, 0.1) is 9.85 Å². The fourth-order valence-corrected chi connectivity index (χ4v) is 5.22. The van der Waals surface area contributed by atoms with Gasteiger partial charge in [-0.1, -0.05) is 97.1 Å². The molecule has 0 radical (unpaired) electrons. The van der Waals surface area contributed by atoms with Crippen molar-refractivity contribution in [1.29, 1.82) is 0 Å². The Balaban J connectivity index is 0.000000221. The van der Waals surface area contributed by atoms with Crippen LogP contribution in [0.4, 0.5) is 11.4 Å². The van der Waals surface area contributed by atoms with Gasteiger partial charge in [-0.15, -0.1) is 0 Å². The smallest absolute Gasteiger partial charge is 0.294 e. The van der Waals surface area contributed by atoms with Crippen molar-refractivity contribution in [2.24, 2.45) is 0 Å². The third-order valence-electron chi connectivity index (χ3n) is 6.68. The van der Waals surface area contributed by atoms with E-state index in [1.54, 1.807) is 0 Å². The van der Waals surface area contributed by atoms with Crippen molar-refractivity contribution in [2.45, 2.75) is 36.0 Å². The molecule has 0 bridgehead atoms. The number of non-ortho nitro benzene ring substituents is 2. The number of nitro benzene ring substituents is 2. The molecule has 0 saturated carbocycles. The van der Waals surface area contributed by atoms with Crippen LogP contribution in [0.3, 0.4) is 0 Å². The molecular weight excluding hydrogens is 689 g/mol. The van der Waals surface area contributed by atoms with Crippen molar-refractivity contribution < 1.29 is 35.8 Å². The molecule has 0 spiro atoms. The highest BCUT2D eigenvalue weighted by Gasteiger charge is 2.14. The molecule has 0 aliphatic carbocycles. The van der Waals surface area contributed by atoms with Crippen LogP contribution in [0.5, 0.6) is 0 Å². The van der Waals surface area contributed by atoms with Crippen molar-refractivity contribution in [3.8, 4) is 0 Å². The van der Waals surface area contributed by atoms with Crippen LogP contribution >= 0.6 is 0 Å². The Labute approximate surface area is 289 Å². The summed E-state index contributed by atoms with van der Waals surface area (Å²) in [6.07, 6.45) is 0. The zero-order valence-corrected chi connectivity index (χ0v) is 28.0. The van der Waals surface area contributed by atoms with Crippen LogP contribution in [0.1, 0.15) is 22.3 Å². The summed E-state index contributed by atoms with van der Waals surface area (Å²) in [7, 11) is -8.73. The van der Waals surface area contributed by atoms with Crippen LogP contribution in [-0.4, -0.2) is 35.8 Å². The van der Waals surface area contributed by atoms with Gasteiger partial charge in [-0.2, -0.15) is 16.8 Å². The van der Waals surface area contributed by atoms with E-state index in [2.05, 4.69) is 83.4 Å². The Kier molecular flexibility index (Phi) is 14.8. The molecule has 0 amide bonds. The van der Waals surface area contributed by atoms with Gasteiger partial charge >= 0.3 is 0 Å². The SMILES string of the molecule is O=[N+]([O-])c1cccc(S(=O)(=O)O)c1.O=[N+]([O-])c1cccc(S(=O)(=O)O)c1.c1ccc(CNCc2ccc(CNCc3ccccc3)cc2)cc1. The molecule has 0 aliphatic rings. The standard InChI is InChI=1S/C22H24N2.2C6H5NO5S/c1-3-7-19(8-4-1)15-23-17-21-11-13-22(14-12-21)18-24-16-20-9-5-2-6-10-20;2*8-7(9)5-2-1-3-6(4-5)13(10,11)12/h1-14,23-24H,15-18H2;2*1-4H,(H,10,11,12). The first kappa shape index (κ1) is 39.1. The van der Waals surface area contributed by atoms with Gasteiger partial charge in [0.15, 0.2) is 0 Å². The summed E-state index contributed by atoms with van der Waals surface area (Å²) in [5, 5.41) is 27.4. The second kappa shape index (κ2) is 19.0. The fourth-order valence-electron chi connectivity index (χ4n) is 4.18. The lowest BCUT2D eigenvalue weighted by Crippen LogP contribution is -2.14. The van der Waals surface area contributed by atoms with E-state index in [4.69, 9.17) is 9.11 Å². The number of nitrogens with one attached hydrogen (secondary N) is 2. The van der Waals surface area contributed by atoms with Crippen molar-refractivity contribution in [2.75, 3.05) is 0 Å². The van der Waals surface area contributed by atoms with Gasteiger partial charge < -0.3 is 10.6 Å². The van der Waals surface area contributed by atoms with Gasteiger partial charge in [0.2, 0.25) is 0 Å². The maximum absolute atomic E-state index is 10.5. The Morgan fingerprint density at radius 3 is 1.04 bits per heavy atom. The molecule has 14 nitrogen and oxygen atoms in total. The molecule has 4 N–H and O–H groups in total. The van der Waals surface area contributed by atoms with Crippen LogP contribution in [0.2, 0.25) is 0 Å². The summed E-state index contributed by atoms with van der Waals surface area (Å²) in [5.41, 5.74) is 4.51. The van der Waals surface area contributed by atoms with Crippen LogP contribution in [0.25, 0.3) is 0 Å². The molecule has 0 atom stereocenters. The molecule has 5 aromatic rings. The Morgan fingerprint density at radius 1 is 0.460 bits per heavy atom. The van der Waals surface area contributed by atoms with E-state index in [-0.39, 0.29) is 11.4 Å². The topological polar surface area (TPSA) is 219 Å². The van der Waals surface area contributed by atoms with Gasteiger partial charge in [-0.05, 0) is 34.4 Å². The average molecular weight is 723 g/mol. The first-order valence-corrected chi connectivity index (χ1v) is 17.6. The lowest BCUT2D eigenvalue weighted by Gasteiger charge is -2.08. The van der Waals surface area contributed by atoms with Crippen LogP contribution in [0.15, 0.2) is 143 Å². The zero-order valence-electron chi connectivity index (χ0n) is 26.4. The zero-order chi connectivity index (χ0) is 36.6. The molecule has 16 heteroatoms. The van der Waals surface area contributed by atoms with E-state index in [1.165, 1.54) is 34.4 Å². The minimum atomic E-state index is -4.36. The van der Waals surface area contributed by atoms with Crippen molar-refractivity contribution in [1.82, 2.24) is 10.6 Å². The third kappa shape index (κ3) is 14.0. The summed E-state index contributed by atoms with van der Waals surface area (Å²) in [4.78, 5) is 18.0. The maximum atomic E-state index is 10.5. The molecule has 0 aliphatic heterocycles. The molecule has 50 heavy (non-hydrogen) atoms. The van der Waals surface area contributed by atoms with E-state index in [0.717, 1.165) is 62.6 Å². The fraction of sp³-hybridized carbons (Fsp3) is 0.118. The summed E-state index contributed by atoms with van der Waals surface area (Å²) in [6, 6.07) is 38.2. The summed E-state index contributed by atoms with van der Waals surface area (Å²) in [6.45, 7) is 3.60. The van der Waals surface area contributed by atoms with Gasteiger partial charge in [0.25, 0.3) is 31.6 Å². The second-order valence-electron chi connectivity index (χ2n) is 10.5. The van der Waals surface area contributed by atoms with Gasteiger partial charge in [0, 0.05) is 50.4 Å². The largest absolute Gasteiger partial charge is 0.309 e. The highest BCUT2D eigenvalue weighted by molar-refractivity contribution is 7.86. The highest BCUT2D eigenvalue weighted by Crippen LogP contribution is 2.17. The number of rotatable bonds is 12. The van der Waals surface area contributed by atoms with E-state index in [9.17, 15) is 37.1 Å². The molecular formula is C34H34N4O10S2. The number of nitro groups is 2. The molecule has 5 rings (SSSR count). The Morgan fingerprint density at radius 2 is 0.760 bits per heavy atom. The van der Waals surface area contributed by atoms with E-state index < -0.39 is 39.9 Å². The number of hydrogen-bond acceptors (Lipinski definition) is 10. The Bertz CT molecular complexity index is 1910. The molecule has 0 fully saturated rings.